The molecule has 2 aromatic rings. The SMILES string of the molecule is COc1cc(NC2CCN(C(=O)c3ccc(CN)cc3)CC2)cc(OC)c1. The number of amides is 1. The highest BCUT2D eigenvalue weighted by Crippen LogP contribution is 2.27. The molecule has 1 fully saturated rings. The maximum atomic E-state index is 12.7. The minimum atomic E-state index is 0.0834. The molecule has 0 saturated carbocycles. The highest BCUT2D eigenvalue weighted by molar-refractivity contribution is 5.94. The van der Waals surface area contributed by atoms with Gasteiger partial charge in [0.2, 0.25) is 0 Å². The summed E-state index contributed by atoms with van der Waals surface area (Å²) in [5.41, 5.74) is 8.33. The molecule has 0 aromatic heterocycles. The second-order valence-electron chi connectivity index (χ2n) is 6.71. The van der Waals surface area contributed by atoms with Gasteiger partial charge < -0.3 is 25.4 Å². The number of nitrogens with two attached hydrogens (primary N) is 1. The van der Waals surface area contributed by atoms with Crippen LogP contribution in [-0.2, 0) is 6.54 Å². The molecule has 0 aliphatic carbocycles. The average Bonchev–Trinajstić information content (AvgIpc) is 2.73. The average molecular weight is 369 g/mol. The molecule has 6 nitrogen and oxygen atoms in total. The number of rotatable bonds is 6. The number of likely N-dealkylation sites (tertiary alicyclic amines) is 1. The van der Waals surface area contributed by atoms with Crippen LogP contribution in [0, 0.1) is 0 Å². The quantitative estimate of drug-likeness (QED) is 0.819. The van der Waals surface area contributed by atoms with E-state index >= 15 is 0 Å². The van der Waals surface area contributed by atoms with Crippen molar-refractivity contribution in [2.45, 2.75) is 25.4 Å². The molecule has 0 bridgehead atoms. The zero-order chi connectivity index (χ0) is 19.2. The van der Waals surface area contributed by atoms with Crippen LogP contribution < -0.4 is 20.5 Å². The molecule has 144 valence electrons. The van der Waals surface area contributed by atoms with Gasteiger partial charge in [-0.2, -0.15) is 0 Å². The number of nitrogens with zero attached hydrogens (tertiary/aromatic N) is 1. The van der Waals surface area contributed by atoms with Crippen molar-refractivity contribution in [2.75, 3.05) is 32.6 Å². The van der Waals surface area contributed by atoms with Gasteiger partial charge in [-0.05, 0) is 30.5 Å². The van der Waals surface area contributed by atoms with Crippen molar-refractivity contribution in [3.05, 3.63) is 53.6 Å². The van der Waals surface area contributed by atoms with Crippen LogP contribution in [0.25, 0.3) is 0 Å². The predicted molar refractivity (Wildman–Crippen MR) is 106 cm³/mol. The van der Waals surface area contributed by atoms with E-state index in [2.05, 4.69) is 5.32 Å². The van der Waals surface area contributed by atoms with E-state index < -0.39 is 0 Å². The van der Waals surface area contributed by atoms with Gasteiger partial charge in [0, 0.05) is 55.1 Å². The molecule has 0 atom stereocenters. The van der Waals surface area contributed by atoms with Crippen molar-refractivity contribution in [3.8, 4) is 11.5 Å². The Kier molecular flexibility index (Phi) is 6.19. The van der Waals surface area contributed by atoms with Crippen LogP contribution in [0.4, 0.5) is 5.69 Å². The standard InChI is InChI=1S/C21H27N3O3/c1-26-19-11-18(12-20(13-19)27-2)23-17-7-9-24(10-8-17)21(25)16-5-3-15(14-22)4-6-16/h3-6,11-13,17,23H,7-10,14,22H2,1-2H3. The zero-order valence-electron chi connectivity index (χ0n) is 15.9. The second kappa shape index (κ2) is 8.77. The molecule has 1 saturated heterocycles. The van der Waals surface area contributed by atoms with Gasteiger partial charge in [0.1, 0.15) is 11.5 Å². The lowest BCUT2D eigenvalue weighted by molar-refractivity contribution is 0.0718. The van der Waals surface area contributed by atoms with Crippen LogP contribution >= 0.6 is 0 Å². The Morgan fingerprint density at radius 3 is 2.19 bits per heavy atom. The molecule has 3 N–H and O–H groups in total. The zero-order valence-corrected chi connectivity index (χ0v) is 15.9. The lowest BCUT2D eigenvalue weighted by atomic mass is 10.0. The summed E-state index contributed by atoms with van der Waals surface area (Å²) in [4.78, 5) is 14.6. The maximum Gasteiger partial charge on any atom is 0.253 e. The number of benzene rings is 2. The number of ether oxygens (including phenoxy) is 2. The van der Waals surface area contributed by atoms with E-state index in [0.717, 1.165) is 54.2 Å². The van der Waals surface area contributed by atoms with Gasteiger partial charge in [-0.1, -0.05) is 12.1 Å². The van der Waals surface area contributed by atoms with Crippen molar-refractivity contribution in [3.63, 3.8) is 0 Å². The van der Waals surface area contributed by atoms with Gasteiger partial charge in [0.25, 0.3) is 5.91 Å². The predicted octanol–water partition coefficient (Wildman–Crippen LogP) is 2.88. The number of methoxy groups -OCH3 is 2. The summed E-state index contributed by atoms with van der Waals surface area (Å²) in [5.74, 6) is 1.59. The summed E-state index contributed by atoms with van der Waals surface area (Å²) in [6.07, 6.45) is 1.79. The third kappa shape index (κ3) is 4.71. The van der Waals surface area contributed by atoms with Gasteiger partial charge >= 0.3 is 0 Å². The number of anilines is 1. The smallest absolute Gasteiger partial charge is 0.253 e. The van der Waals surface area contributed by atoms with Crippen LogP contribution in [0.5, 0.6) is 11.5 Å². The van der Waals surface area contributed by atoms with Crippen LogP contribution in [0.15, 0.2) is 42.5 Å². The van der Waals surface area contributed by atoms with E-state index in [-0.39, 0.29) is 5.91 Å². The number of nitrogens with one attached hydrogen (secondary N) is 1. The maximum absolute atomic E-state index is 12.7. The lowest BCUT2D eigenvalue weighted by Gasteiger charge is -2.33. The van der Waals surface area contributed by atoms with Gasteiger partial charge in [0.05, 0.1) is 14.2 Å². The first kappa shape index (κ1) is 19.0. The summed E-state index contributed by atoms with van der Waals surface area (Å²) in [6, 6.07) is 13.6. The molecule has 2 aromatic carbocycles. The molecule has 1 aliphatic heterocycles. The molecular weight excluding hydrogens is 342 g/mol. The van der Waals surface area contributed by atoms with Crippen LogP contribution in [0.1, 0.15) is 28.8 Å². The third-order valence-electron chi connectivity index (χ3n) is 4.94. The Morgan fingerprint density at radius 1 is 1.07 bits per heavy atom. The van der Waals surface area contributed by atoms with Crippen molar-refractivity contribution in [1.29, 1.82) is 0 Å². The molecule has 1 aliphatic rings. The third-order valence-corrected chi connectivity index (χ3v) is 4.94. The molecule has 0 unspecified atom stereocenters. The van der Waals surface area contributed by atoms with Crippen LogP contribution in [-0.4, -0.2) is 44.2 Å². The van der Waals surface area contributed by atoms with E-state index in [9.17, 15) is 4.79 Å². The molecule has 3 rings (SSSR count). The van der Waals surface area contributed by atoms with E-state index in [0.29, 0.717) is 12.6 Å². The van der Waals surface area contributed by atoms with Crippen LogP contribution in [0.3, 0.4) is 0 Å². The Labute approximate surface area is 160 Å². The Balaban J connectivity index is 1.57. The van der Waals surface area contributed by atoms with Gasteiger partial charge in [-0.25, -0.2) is 0 Å². The molecular formula is C21H27N3O3. The molecule has 1 amide bonds. The Hall–Kier alpha value is -2.73. The first-order chi connectivity index (χ1) is 13.1. The van der Waals surface area contributed by atoms with E-state index in [4.69, 9.17) is 15.2 Å². The highest BCUT2D eigenvalue weighted by atomic mass is 16.5. The van der Waals surface area contributed by atoms with E-state index in [1.54, 1.807) is 14.2 Å². The minimum Gasteiger partial charge on any atom is -0.497 e. The van der Waals surface area contributed by atoms with E-state index in [1.165, 1.54) is 0 Å². The van der Waals surface area contributed by atoms with E-state index in [1.807, 2.05) is 47.4 Å². The number of hydrogen-bond acceptors (Lipinski definition) is 5. The topological polar surface area (TPSA) is 76.8 Å². The second-order valence-corrected chi connectivity index (χ2v) is 6.71. The molecule has 1 heterocycles. The first-order valence-electron chi connectivity index (χ1n) is 9.21. The summed E-state index contributed by atoms with van der Waals surface area (Å²) in [7, 11) is 3.28. The van der Waals surface area contributed by atoms with Gasteiger partial charge in [-0.15, -0.1) is 0 Å². The number of carbonyl (C=O) groups is 1. The first-order valence-corrected chi connectivity index (χ1v) is 9.21. The van der Waals surface area contributed by atoms with Gasteiger partial charge in [0.15, 0.2) is 0 Å². The molecule has 0 spiro atoms. The molecule has 0 radical (unpaired) electrons. The summed E-state index contributed by atoms with van der Waals surface area (Å²) in [5, 5.41) is 3.53. The van der Waals surface area contributed by atoms with Crippen LogP contribution in [0.2, 0.25) is 0 Å². The highest BCUT2D eigenvalue weighted by Gasteiger charge is 2.23. The van der Waals surface area contributed by atoms with Crippen molar-refractivity contribution >= 4 is 11.6 Å². The molecule has 6 heteroatoms. The summed E-state index contributed by atoms with van der Waals surface area (Å²) < 4.78 is 10.6. The molecule has 27 heavy (non-hydrogen) atoms. The normalized spacial score (nSPS) is 14.7. The lowest BCUT2D eigenvalue weighted by Crippen LogP contribution is -2.42. The van der Waals surface area contributed by atoms with Gasteiger partial charge in [-0.3, -0.25) is 4.79 Å². The van der Waals surface area contributed by atoms with Crippen molar-refractivity contribution in [2.24, 2.45) is 5.73 Å². The largest absolute Gasteiger partial charge is 0.497 e. The fourth-order valence-electron chi connectivity index (χ4n) is 3.32. The van der Waals surface area contributed by atoms with Crippen molar-refractivity contribution in [1.82, 2.24) is 4.90 Å². The summed E-state index contributed by atoms with van der Waals surface area (Å²) >= 11 is 0. The number of piperidine rings is 1. The van der Waals surface area contributed by atoms with Crippen molar-refractivity contribution < 1.29 is 14.3 Å². The Bertz CT molecular complexity index is 746. The number of carbonyl (C=O) groups excluding carboxylic acids is 1. The fraction of sp³-hybridized carbons (Fsp3) is 0.381. The Morgan fingerprint density at radius 2 is 1.67 bits per heavy atom. The minimum absolute atomic E-state index is 0.0834. The monoisotopic (exact) mass is 369 g/mol. The number of hydrogen-bond donors (Lipinski definition) is 2. The summed E-state index contributed by atoms with van der Waals surface area (Å²) in [6.45, 7) is 1.95. The fourth-order valence-corrected chi connectivity index (χ4v) is 3.32.